The largest absolute Gasteiger partial charge is 0.465 e. The third-order valence-corrected chi connectivity index (χ3v) is 2.68. The van der Waals surface area contributed by atoms with Gasteiger partial charge in [-0.05, 0) is 48.9 Å². The molecule has 0 unspecified atom stereocenters. The maximum atomic E-state index is 11.3. The first-order valence-electron chi connectivity index (χ1n) is 5.85. The highest BCUT2D eigenvalue weighted by Crippen LogP contribution is 2.15. The number of carbonyl (C=O) groups excluding carboxylic acids is 1. The summed E-state index contributed by atoms with van der Waals surface area (Å²) in [5, 5.41) is 0. The molecule has 1 heterocycles. The third kappa shape index (κ3) is 3.25. The molecular weight excluding hydrogens is 240 g/mol. The minimum atomic E-state index is -0.346. The summed E-state index contributed by atoms with van der Waals surface area (Å²) in [5.41, 5.74) is 3.23. The van der Waals surface area contributed by atoms with Crippen molar-refractivity contribution in [1.29, 1.82) is 0 Å². The van der Waals surface area contributed by atoms with Gasteiger partial charge in [0.25, 0.3) is 0 Å². The molecule has 1 aromatic carbocycles. The Labute approximate surface area is 111 Å². The molecule has 0 aliphatic heterocycles. The number of benzene rings is 1. The van der Waals surface area contributed by atoms with Crippen molar-refractivity contribution in [2.24, 2.45) is 4.99 Å². The minimum absolute atomic E-state index is 0.346. The smallest absolute Gasteiger partial charge is 0.337 e. The molecule has 0 N–H and O–H groups in total. The van der Waals surface area contributed by atoms with Gasteiger partial charge < -0.3 is 4.74 Å². The third-order valence-electron chi connectivity index (χ3n) is 2.68. The number of aromatic nitrogens is 1. The van der Waals surface area contributed by atoms with Crippen LogP contribution in [0.5, 0.6) is 0 Å². The van der Waals surface area contributed by atoms with Crippen molar-refractivity contribution in [2.75, 3.05) is 7.11 Å². The van der Waals surface area contributed by atoms with Crippen LogP contribution in [0.1, 0.15) is 22.8 Å². The molecule has 0 aliphatic carbocycles. The summed E-state index contributed by atoms with van der Waals surface area (Å²) in [4.78, 5) is 19.8. The van der Waals surface area contributed by atoms with E-state index < -0.39 is 0 Å². The van der Waals surface area contributed by atoms with Gasteiger partial charge in [-0.1, -0.05) is 0 Å². The average molecular weight is 254 g/mol. The second kappa shape index (κ2) is 5.91. The van der Waals surface area contributed by atoms with E-state index in [-0.39, 0.29) is 5.97 Å². The number of ether oxygens (including phenoxy) is 1. The van der Waals surface area contributed by atoms with E-state index >= 15 is 0 Å². The highest BCUT2D eigenvalue weighted by Gasteiger charge is 2.04. The first kappa shape index (κ1) is 13.0. The van der Waals surface area contributed by atoms with Crippen molar-refractivity contribution in [1.82, 2.24) is 4.98 Å². The van der Waals surface area contributed by atoms with Crippen molar-refractivity contribution < 1.29 is 9.53 Å². The van der Waals surface area contributed by atoms with Gasteiger partial charge in [0.15, 0.2) is 0 Å². The van der Waals surface area contributed by atoms with Crippen LogP contribution in [-0.2, 0) is 4.74 Å². The number of carbonyl (C=O) groups is 1. The summed E-state index contributed by atoms with van der Waals surface area (Å²) in [5.74, 6) is -0.346. The Bertz CT molecular complexity index is 589. The van der Waals surface area contributed by atoms with Crippen LogP contribution in [0.25, 0.3) is 0 Å². The van der Waals surface area contributed by atoms with Gasteiger partial charge in [0.1, 0.15) is 0 Å². The molecule has 0 radical (unpaired) electrons. The maximum Gasteiger partial charge on any atom is 0.337 e. The van der Waals surface area contributed by atoms with Crippen LogP contribution in [0.3, 0.4) is 0 Å². The molecule has 4 heteroatoms. The summed E-state index contributed by atoms with van der Waals surface area (Å²) in [7, 11) is 1.36. The predicted molar refractivity (Wildman–Crippen MR) is 73.9 cm³/mol. The van der Waals surface area contributed by atoms with E-state index in [1.54, 1.807) is 36.7 Å². The summed E-state index contributed by atoms with van der Waals surface area (Å²) >= 11 is 0. The number of methoxy groups -OCH3 is 1. The lowest BCUT2D eigenvalue weighted by molar-refractivity contribution is 0.0601. The standard InChI is InChI=1S/C15H14N2O2/c1-11(12-7-9-16-10-8-12)17-14-5-3-13(4-6-14)15(18)19-2/h3-10H,1-2H3. The number of hydrogen-bond acceptors (Lipinski definition) is 4. The molecule has 0 amide bonds. The highest BCUT2D eigenvalue weighted by atomic mass is 16.5. The molecule has 96 valence electrons. The zero-order valence-electron chi connectivity index (χ0n) is 10.8. The number of pyridine rings is 1. The van der Waals surface area contributed by atoms with Gasteiger partial charge in [-0.2, -0.15) is 0 Å². The molecular formula is C15H14N2O2. The molecule has 4 nitrogen and oxygen atoms in total. The second-order valence-electron chi connectivity index (χ2n) is 3.97. The van der Waals surface area contributed by atoms with Crippen molar-refractivity contribution >= 4 is 17.4 Å². The second-order valence-corrected chi connectivity index (χ2v) is 3.97. The lowest BCUT2D eigenvalue weighted by atomic mass is 10.1. The molecule has 0 fully saturated rings. The fourth-order valence-electron chi connectivity index (χ4n) is 1.64. The van der Waals surface area contributed by atoms with Crippen LogP contribution in [-0.4, -0.2) is 23.8 Å². The SMILES string of the molecule is COC(=O)c1ccc(N=C(C)c2ccncc2)cc1. The fraction of sp³-hybridized carbons (Fsp3) is 0.133. The van der Waals surface area contributed by atoms with Crippen LogP contribution in [0, 0.1) is 0 Å². The van der Waals surface area contributed by atoms with Crippen LogP contribution in [0.15, 0.2) is 53.8 Å². The summed E-state index contributed by atoms with van der Waals surface area (Å²) in [6.45, 7) is 1.93. The quantitative estimate of drug-likeness (QED) is 0.625. The molecule has 2 aromatic rings. The lowest BCUT2D eigenvalue weighted by Crippen LogP contribution is -2.00. The summed E-state index contributed by atoms with van der Waals surface area (Å²) < 4.78 is 4.64. The summed E-state index contributed by atoms with van der Waals surface area (Å²) in [6, 6.07) is 10.8. The van der Waals surface area contributed by atoms with E-state index in [1.165, 1.54) is 7.11 Å². The molecule has 0 saturated heterocycles. The molecule has 1 aromatic heterocycles. The Morgan fingerprint density at radius 3 is 2.26 bits per heavy atom. The first-order chi connectivity index (χ1) is 9.20. The molecule has 2 rings (SSSR count). The molecule has 0 bridgehead atoms. The van der Waals surface area contributed by atoms with Gasteiger partial charge in [-0.25, -0.2) is 4.79 Å². The van der Waals surface area contributed by atoms with Gasteiger partial charge in [-0.3, -0.25) is 9.98 Å². The monoisotopic (exact) mass is 254 g/mol. The van der Waals surface area contributed by atoms with Gasteiger partial charge in [0, 0.05) is 18.1 Å². The van der Waals surface area contributed by atoms with Crippen LogP contribution < -0.4 is 0 Å². The predicted octanol–water partition coefficient (Wildman–Crippen LogP) is 3.01. The van der Waals surface area contributed by atoms with E-state index in [1.807, 2.05) is 19.1 Å². The fourth-order valence-corrected chi connectivity index (χ4v) is 1.64. The van der Waals surface area contributed by atoms with Gasteiger partial charge >= 0.3 is 5.97 Å². The number of aliphatic imine (C=N–C) groups is 1. The average Bonchev–Trinajstić information content (AvgIpc) is 2.48. The van der Waals surface area contributed by atoms with E-state index in [0.29, 0.717) is 5.56 Å². The summed E-state index contributed by atoms with van der Waals surface area (Å²) in [6.07, 6.45) is 3.46. The van der Waals surface area contributed by atoms with E-state index in [9.17, 15) is 4.79 Å². The minimum Gasteiger partial charge on any atom is -0.465 e. The molecule has 0 atom stereocenters. The Hall–Kier alpha value is -2.49. The van der Waals surface area contributed by atoms with E-state index in [4.69, 9.17) is 0 Å². The number of nitrogens with zero attached hydrogens (tertiary/aromatic N) is 2. The van der Waals surface area contributed by atoms with Gasteiger partial charge in [0.2, 0.25) is 0 Å². The van der Waals surface area contributed by atoms with Crippen LogP contribution in [0.4, 0.5) is 5.69 Å². The molecule has 0 spiro atoms. The van der Waals surface area contributed by atoms with Gasteiger partial charge in [0.05, 0.1) is 18.4 Å². The number of esters is 1. The normalized spacial score (nSPS) is 11.2. The maximum absolute atomic E-state index is 11.3. The first-order valence-corrected chi connectivity index (χ1v) is 5.85. The van der Waals surface area contributed by atoms with E-state index in [2.05, 4.69) is 14.7 Å². The van der Waals surface area contributed by atoms with E-state index in [0.717, 1.165) is 17.0 Å². The Morgan fingerprint density at radius 1 is 1.05 bits per heavy atom. The zero-order chi connectivity index (χ0) is 13.7. The van der Waals surface area contributed by atoms with Crippen molar-refractivity contribution in [3.05, 3.63) is 59.9 Å². The van der Waals surface area contributed by atoms with Gasteiger partial charge in [-0.15, -0.1) is 0 Å². The topological polar surface area (TPSA) is 51.5 Å². The Morgan fingerprint density at radius 2 is 1.68 bits per heavy atom. The lowest BCUT2D eigenvalue weighted by Gasteiger charge is -2.02. The van der Waals surface area contributed by atoms with Crippen molar-refractivity contribution in [3.8, 4) is 0 Å². The Kier molecular flexibility index (Phi) is 4.03. The zero-order valence-corrected chi connectivity index (χ0v) is 10.8. The van der Waals surface area contributed by atoms with Crippen LogP contribution >= 0.6 is 0 Å². The van der Waals surface area contributed by atoms with Crippen LogP contribution in [0.2, 0.25) is 0 Å². The molecule has 19 heavy (non-hydrogen) atoms. The highest BCUT2D eigenvalue weighted by molar-refractivity contribution is 6.00. The number of rotatable bonds is 3. The van der Waals surface area contributed by atoms with Crippen molar-refractivity contribution in [2.45, 2.75) is 6.92 Å². The number of hydrogen-bond donors (Lipinski definition) is 0. The van der Waals surface area contributed by atoms with Crippen molar-refractivity contribution in [3.63, 3.8) is 0 Å². The molecule has 0 saturated carbocycles. The molecule has 0 aliphatic rings. The Balaban J connectivity index is 2.22.